The third kappa shape index (κ3) is 3.49. The Balaban J connectivity index is 1.89. The molecule has 136 valence electrons. The van der Waals surface area contributed by atoms with Crippen molar-refractivity contribution in [2.45, 2.75) is 26.4 Å². The zero-order chi connectivity index (χ0) is 18.8. The van der Waals surface area contributed by atoms with Gasteiger partial charge in [-0.3, -0.25) is 0 Å². The Morgan fingerprint density at radius 1 is 1.31 bits per heavy atom. The number of benzene rings is 1. The minimum Gasteiger partial charge on any atom is -0.465 e. The number of aliphatic hydroxyl groups excluding tert-OH is 1. The molecule has 2 aromatic heterocycles. The number of hydrogen-bond acceptors (Lipinski definition) is 7. The number of rotatable bonds is 5. The summed E-state index contributed by atoms with van der Waals surface area (Å²) in [5.41, 5.74) is 2.20. The van der Waals surface area contributed by atoms with E-state index in [2.05, 4.69) is 15.3 Å². The highest BCUT2D eigenvalue weighted by molar-refractivity contribution is 7.13. The summed E-state index contributed by atoms with van der Waals surface area (Å²) in [6, 6.07) is 5.75. The monoisotopic (exact) mass is 376 g/mol. The first-order valence-corrected chi connectivity index (χ1v) is 8.63. The normalized spacial score (nSPS) is 12.2. The van der Waals surface area contributed by atoms with Gasteiger partial charge >= 0.3 is 5.97 Å². The van der Waals surface area contributed by atoms with Crippen molar-refractivity contribution in [1.29, 1.82) is 0 Å². The van der Waals surface area contributed by atoms with Crippen LogP contribution >= 0.6 is 11.3 Å². The van der Waals surface area contributed by atoms with Crippen LogP contribution in [-0.2, 0) is 11.2 Å². The molecule has 7 nitrogen and oxygen atoms in total. The maximum Gasteiger partial charge on any atom is 0.349 e. The standard InChI is InChI=1S/C17H17FN4O3S/c1-9-15(22(21-20-9)12-6-4-11(18)5-7-12)13(23)8-14-19-10(2)16(26-14)17(24)25-3/h4-7,13,23H,8H2,1-3H3. The molecule has 0 aliphatic carbocycles. The molecule has 26 heavy (non-hydrogen) atoms. The number of methoxy groups -OCH3 is 1. The maximum atomic E-state index is 13.1. The summed E-state index contributed by atoms with van der Waals surface area (Å²) in [6.07, 6.45) is -0.746. The molecule has 1 atom stereocenters. The van der Waals surface area contributed by atoms with Crippen molar-refractivity contribution in [2.75, 3.05) is 7.11 Å². The van der Waals surface area contributed by atoms with Crippen molar-refractivity contribution in [2.24, 2.45) is 0 Å². The summed E-state index contributed by atoms with van der Waals surface area (Å²) in [5, 5.41) is 19.4. The first kappa shape index (κ1) is 18.2. The molecule has 0 spiro atoms. The van der Waals surface area contributed by atoms with Gasteiger partial charge in [-0.15, -0.1) is 16.4 Å². The van der Waals surface area contributed by atoms with Crippen LogP contribution in [0.2, 0.25) is 0 Å². The second kappa shape index (κ2) is 7.30. The molecule has 2 heterocycles. The number of aryl methyl sites for hydroxylation is 2. The number of nitrogens with zero attached hydrogens (tertiary/aromatic N) is 4. The van der Waals surface area contributed by atoms with E-state index in [1.807, 2.05) is 0 Å². The fraction of sp³-hybridized carbons (Fsp3) is 0.294. The molecule has 3 rings (SSSR count). The largest absolute Gasteiger partial charge is 0.465 e. The number of carbonyl (C=O) groups excluding carboxylic acids is 1. The Morgan fingerprint density at radius 2 is 2.00 bits per heavy atom. The fourth-order valence-electron chi connectivity index (χ4n) is 2.60. The van der Waals surface area contributed by atoms with Crippen LogP contribution in [0.15, 0.2) is 24.3 Å². The number of carbonyl (C=O) groups is 1. The summed E-state index contributed by atoms with van der Waals surface area (Å²) in [7, 11) is 1.31. The molecule has 0 fully saturated rings. The van der Waals surface area contributed by atoms with E-state index in [-0.39, 0.29) is 12.2 Å². The second-order valence-corrected chi connectivity index (χ2v) is 6.77. The molecular weight excluding hydrogens is 359 g/mol. The molecule has 9 heteroatoms. The van der Waals surface area contributed by atoms with Crippen molar-refractivity contribution < 1.29 is 19.0 Å². The van der Waals surface area contributed by atoms with E-state index in [4.69, 9.17) is 4.74 Å². The highest BCUT2D eigenvalue weighted by Crippen LogP contribution is 2.27. The third-order valence-electron chi connectivity index (χ3n) is 3.85. The zero-order valence-corrected chi connectivity index (χ0v) is 15.2. The van der Waals surface area contributed by atoms with Gasteiger partial charge in [-0.25, -0.2) is 18.9 Å². The van der Waals surface area contributed by atoms with Gasteiger partial charge in [-0.1, -0.05) is 5.21 Å². The molecule has 0 bridgehead atoms. The van der Waals surface area contributed by atoms with Crippen LogP contribution in [-0.4, -0.2) is 38.2 Å². The lowest BCUT2D eigenvalue weighted by molar-refractivity contribution is 0.0605. The van der Waals surface area contributed by atoms with E-state index in [0.29, 0.717) is 32.7 Å². The molecule has 0 radical (unpaired) electrons. The SMILES string of the molecule is COC(=O)c1sc(CC(O)c2c(C)nnn2-c2ccc(F)cc2)nc1C. The zero-order valence-electron chi connectivity index (χ0n) is 14.4. The summed E-state index contributed by atoms with van der Waals surface area (Å²) in [6.45, 7) is 3.45. The van der Waals surface area contributed by atoms with E-state index < -0.39 is 12.1 Å². The first-order chi connectivity index (χ1) is 12.4. The summed E-state index contributed by atoms with van der Waals surface area (Å²) in [5.74, 6) is -0.809. The van der Waals surface area contributed by atoms with Crippen molar-refractivity contribution in [3.63, 3.8) is 0 Å². The van der Waals surface area contributed by atoms with Crippen LogP contribution in [0.3, 0.4) is 0 Å². The highest BCUT2D eigenvalue weighted by atomic mass is 32.1. The molecule has 1 N–H and O–H groups in total. The third-order valence-corrected chi connectivity index (χ3v) is 5.01. The smallest absolute Gasteiger partial charge is 0.349 e. The maximum absolute atomic E-state index is 13.1. The minimum atomic E-state index is -0.939. The van der Waals surface area contributed by atoms with Gasteiger partial charge in [0.2, 0.25) is 0 Å². The predicted molar refractivity (Wildman–Crippen MR) is 92.9 cm³/mol. The van der Waals surface area contributed by atoms with Gasteiger partial charge in [0.15, 0.2) is 0 Å². The van der Waals surface area contributed by atoms with E-state index in [0.717, 1.165) is 0 Å². The number of hydrogen-bond donors (Lipinski definition) is 1. The Kier molecular flexibility index (Phi) is 5.10. The average Bonchev–Trinajstić information content (AvgIpc) is 3.17. The van der Waals surface area contributed by atoms with E-state index in [9.17, 15) is 14.3 Å². The molecule has 0 amide bonds. The van der Waals surface area contributed by atoms with Gasteiger partial charge < -0.3 is 9.84 Å². The molecule has 0 saturated carbocycles. The summed E-state index contributed by atoms with van der Waals surface area (Å²) in [4.78, 5) is 16.5. The Hall–Kier alpha value is -2.65. The minimum absolute atomic E-state index is 0.192. The summed E-state index contributed by atoms with van der Waals surface area (Å²) >= 11 is 1.18. The van der Waals surface area contributed by atoms with Gasteiger partial charge in [0.05, 0.1) is 34.9 Å². The lowest BCUT2D eigenvalue weighted by Gasteiger charge is -2.12. The molecule has 0 saturated heterocycles. The van der Waals surface area contributed by atoms with Crippen LogP contribution < -0.4 is 0 Å². The van der Waals surface area contributed by atoms with Gasteiger partial charge in [0.25, 0.3) is 0 Å². The van der Waals surface area contributed by atoms with Gasteiger partial charge in [-0.05, 0) is 38.1 Å². The number of thiazole rings is 1. The van der Waals surface area contributed by atoms with E-state index in [1.165, 1.54) is 35.3 Å². The van der Waals surface area contributed by atoms with Gasteiger partial charge in [0.1, 0.15) is 16.8 Å². The average molecular weight is 376 g/mol. The van der Waals surface area contributed by atoms with Crippen LogP contribution in [0.25, 0.3) is 5.69 Å². The van der Waals surface area contributed by atoms with Crippen molar-refractivity contribution in [1.82, 2.24) is 20.0 Å². The Bertz CT molecular complexity index is 936. The van der Waals surface area contributed by atoms with Gasteiger partial charge in [0, 0.05) is 6.42 Å². The number of ether oxygens (including phenoxy) is 1. The topological polar surface area (TPSA) is 90.1 Å². The lowest BCUT2D eigenvalue weighted by Crippen LogP contribution is -2.11. The number of aliphatic hydroxyl groups is 1. The highest BCUT2D eigenvalue weighted by Gasteiger charge is 2.23. The molecule has 3 aromatic rings. The van der Waals surface area contributed by atoms with Crippen LogP contribution in [0, 0.1) is 19.7 Å². The second-order valence-electron chi connectivity index (χ2n) is 5.68. The predicted octanol–water partition coefficient (Wildman–Crippen LogP) is 2.54. The van der Waals surface area contributed by atoms with Crippen molar-refractivity contribution >= 4 is 17.3 Å². The first-order valence-electron chi connectivity index (χ1n) is 7.81. The van der Waals surface area contributed by atoms with Crippen LogP contribution in [0.4, 0.5) is 4.39 Å². The molecule has 1 unspecified atom stereocenters. The van der Waals surface area contributed by atoms with E-state index >= 15 is 0 Å². The van der Waals surface area contributed by atoms with Gasteiger partial charge in [-0.2, -0.15) is 0 Å². The van der Waals surface area contributed by atoms with E-state index in [1.54, 1.807) is 26.0 Å². The number of halogens is 1. The number of aromatic nitrogens is 4. The Labute approximate surface area is 153 Å². The Morgan fingerprint density at radius 3 is 2.65 bits per heavy atom. The summed E-state index contributed by atoms with van der Waals surface area (Å²) < 4.78 is 19.4. The quantitative estimate of drug-likeness (QED) is 0.688. The fourth-order valence-corrected chi connectivity index (χ4v) is 3.62. The van der Waals surface area contributed by atoms with Crippen molar-refractivity contribution in [3.05, 3.63) is 57.0 Å². The number of esters is 1. The molecule has 0 aliphatic rings. The molecular formula is C17H17FN4O3S. The molecule has 1 aromatic carbocycles. The lowest BCUT2D eigenvalue weighted by atomic mass is 10.1. The van der Waals surface area contributed by atoms with Crippen LogP contribution in [0.1, 0.15) is 37.9 Å². The molecule has 0 aliphatic heterocycles. The van der Waals surface area contributed by atoms with Crippen molar-refractivity contribution in [3.8, 4) is 5.69 Å². The van der Waals surface area contributed by atoms with Crippen LogP contribution in [0.5, 0.6) is 0 Å².